The van der Waals surface area contributed by atoms with Crippen LogP contribution in [-0.2, 0) is 0 Å². The van der Waals surface area contributed by atoms with E-state index in [0.29, 0.717) is 4.83 Å². The first kappa shape index (κ1) is 30.5. The third kappa shape index (κ3) is 62.9. The molecule has 1 radical (unpaired) electrons. The fraction of sp³-hybridized carbons (Fsp3) is 0.667. The first-order valence-electron chi connectivity index (χ1n) is 1.20. The van der Waals surface area contributed by atoms with Gasteiger partial charge in [0.25, 0.3) is 0 Å². The zero-order valence-electron chi connectivity index (χ0n) is 5.42. The number of hydrogen-bond acceptors (Lipinski definition) is 0. The molecule has 0 aromatic carbocycles. The van der Waals surface area contributed by atoms with Crippen molar-refractivity contribution in [2.45, 2.75) is 11.8 Å². The molecular formula is C3H6BrCl2Na2. The molecule has 0 aliphatic carbocycles. The van der Waals surface area contributed by atoms with Gasteiger partial charge in [-0.25, -0.2) is 0 Å². The molecule has 1 atom stereocenters. The van der Waals surface area contributed by atoms with Gasteiger partial charge in [0, 0.05) is 4.83 Å². The van der Waals surface area contributed by atoms with Crippen LogP contribution in [0.3, 0.4) is 0 Å². The topological polar surface area (TPSA) is 0 Å². The molecule has 0 rings (SSSR count). The van der Waals surface area contributed by atoms with Gasteiger partial charge < -0.3 is 24.8 Å². The van der Waals surface area contributed by atoms with Crippen molar-refractivity contribution in [3.05, 3.63) is 6.92 Å². The van der Waals surface area contributed by atoms with Crippen molar-refractivity contribution in [2.75, 3.05) is 0 Å². The molecule has 0 saturated carbocycles. The number of halogens is 3. The fourth-order valence-corrected chi connectivity index (χ4v) is 0. The Morgan fingerprint density at radius 3 is 1.25 bits per heavy atom. The molecule has 0 heterocycles. The zero-order chi connectivity index (χ0) is 3.58. The SMILES string of the molecule is [CH2]C(C)Br.[Cl-].[Cl-].[Na+].[Na+]. The molecule has 41 valence electrons. The maximum Gasteiger partial charge on any atom is 1.00 e. The van der Waals surface area contributed by atoms with Crippen LogP contribution in [0.4, 0.5) is 0 Å². The number of alkyl halides is 1. The predicted molar refractivity (Wildman–Crippen MR) is 23.7 cm³/mol. The summed E-state index contributed by atoms with van der Waals surface area (Å²) in [6, 6.07) is 0. The molecule has 1 unspecified atom stereocenters. The Morgan fingerprint density at radius 1 is 1.25 bits per heavy atom. The Balaban J connectivity index is -0.00000000750. The Bertz CT molecular complexity index is 20.0. The van der Waals surface area contributed by atoms with Crippen LogP contribution in [0.15, 0.2) is 0 Å². The summed E-state index contributed by atoms with van der Waals surface area (Å²) >= 11 is 3.16. The molecule has 0 spiro atoms. The quantitative estimate of drug-likeness (QED) is 0.291. The minimum Gasteiger partial charge on any atom is -1.00 e. The summed E-state index contributed by atoms with van der Waals surface area (Å²) < 4.78 is 0. The summed E-state index contributed by atoms with van der Waals surface area (Å²) in [7, 11) is 0. The molecule has 0 aromatic rings. The van der Waals surface area contributed by atoms with E-state index in [4.69, 9.17) is 0 Å². The second-order valence-electron chi connectivity index (χ2n) is 0.781. The average molecular weight is 239 g/mol. The van der Waals surface area contributed by atoms with Crippen molar-refractivity contribution in [1.29, 1.82) is 0 Å². The fourth-order valence-electron chi connectivity index (χ4n) is 0. The summed E-state index contributed by atoms with van der Waals surface area (Å²) in [6.45, 7) is 5.53. The van der Waals surface area contributed by atoms with Crippen molar-refractivity contribution in [2.24, 2.45) is 0 Å². The second kappa shape index (κ2) is 22.5. The van der Waals surface area contributed by atoms with Gasteiger partial charge in [0.2, 0.25) is 0 Å². The molecule has 0 fully saturated rings. The Labute approximate surface area is 116 Å². The van der Waals surface area contributed by atoms with E-state index in [9.17, 15) is 0 Å². The van der Waals surface area contributed by atoms with Gasteiger partial charge in [-0.1, -0.05) is 22.9 Å². The van der Waals surface area contributed by atoms with Crippen molar-refractivity contribution >= 4 is 15.9 Å². The zero-order valence-corrected chi connectivity index (χ0v) is 12.5. The summed E-state index contributed by atoms with van der Waals surface area (Å²) in [5.74, 6) is 0. The third-order valence-electron chi connectivity index (χ3n) is 0. The van der Waals surface area contributed by atoms with Crippen LogP contribution in [0.5, 0.6) is 0 Å². The molecule has 0 saturated heterocycles. The first-order valence-corrected chi connectivity index (χ1v) is 2.12. The van der Waals surface area contributed by atoms with Crippen LogP contribution < -0.4 is 83.9 Å². The maximum absolute atomic E-state index is 3.56. The van der Waals surface area contributed by atoms with Crippen LogP contribution in [0, 0.1) is 6.92 Å². The van der Waals surface area contributed by atoms with Gasteiger partial charge in [-0.3, -0.25) is 0 Å². The van der Waals surface area contributed by atoms with Crippen molar-refractivity contribution in [3.63, 3.8) is 0 Å². The molecule has 0 bridgehead atoms. The smallest absolute Gasteiger partial charge is 1.00 e. The van der Waals surface area contributed by atoms with E-state index in [1.54, 1.807) is 0 Å². The molecule has 0 amide bonds. The number of hydrogen-bond donors (Lipinski definition) is 0. The summed E-state index contributed by atoms with van der Waals surface area (Å²) in [5.41, 5.74) is 0. The van der Waals surface area contributed by atoms with E-state index in [-0.39, 0.29) is 83.9 Å². The van der Waals surface area contributed by atoms with Gasteiger partial charge in [0.1, 0.15) is 0 Å². The van der Waals surface area contributed by atoms with Crippen LogP contribution in [-0.4, -0.2) is 4.83 Å². The predicted octanol–water partition coefficient (Wildman–Crippen LogP) is -10.4. The molecule has 5 heteroatoms. The molecule has 0 N–H and O–H groups in total. The van der Waals surface area contributed by atoms with Crippen LogP contribution in [0.25, 0.3) is 0 Å². The molecular weight excluding hydrogens is 233 g/mol. The minimum atomic E-state index is 0. The minimum absolute atomic E-state index is 0. The van der Waals surface area contributed by atoms with E-state index in [1.807, 2.05) is 6.92 Å². The van der Waals surface area contributed by atoms with Crippen molar-refractivity contribution in [1.82, 2.24) is 0 Å². The summed E-state index contributed by atoms with van der Waals surface area (Å²) in [5, 5.41) is 0. The number of rotatable bonds is 0. The molecule has 0 aliphatic rings. The van der Waals surface area contributed by atoms with Crippen molar-refractivity contribution in [3.8, 4) is 0 Å². The Hall–Kier alpha value is 3.06. The largest absolute Gasteiger partial charge is 1.00 e. The van der Waals surface area contributed by atoms with E-state index >= 15 is 0 Å². The van der Waals surface area contributed by atoms with Gasteiger partial charge in [0.15, 0.2) is 0 Å². The molecule has 0 nitrogen and oxygen atoms in total. The Kier molecular flexibility index (Phi) is 85.7. The van der Waals surface area contributed by atoms with E-state index < -0.39 is 0 Å². The summed E-state index contributed by atoms with van der Waals surface area (Å²) in [6.07, 6.45) is 0. The van der Waals surface area contributed by atoms with Gasteiger partial charge >= 0.3 is 59.1 Å². The van der Waals surface area contributed by atoms with E-state index in [0.717, 1.165) is 0 Å². The second-order valence-corrected chi connectivity index (χ2v) is 2.34. The van der Waals surface area contributed by atoms with E-state index in [1.165, 1.54) is 0 Å². The molecule has 0 aromatic heterocycles. The van der Waals surface area contributed by atoms with Gasteiger partial charge in [-0.05, 0) is 6.92 Å². The average Bonchev–Trinajstić information content (AvgIpc) is 0.811. The standard InChI is InChI=1S/C3H6Br.2ClH.2Na/c1-3(2)4;;;;/h3H,1H2,2H3;2*1H;;/q;;;2*+1/p-2. The third-order valence-corrected chi connectivity index (χ3v) is 0. The van der Waals surface area contributed by atoms with Crippen molar-refractivity contribution < 1.29 is 83.9 Å². The van der Waals surface area contributed by atoms with Crippen LogP contribution in [0.1, 0.15) is 6.92 Å². The van der Waals surface area contributed by atoms with E-state index in [2.05, 4.69) is 22.9 Å². The van der Waals surface area contributed by atoms with Gasteiger partial charge in [0.05, 0.1) is 0 Å². The Morgan fingerprint density at radius 2 is 1.25 bits per heavy atom. The van der Waals surface area contributed by atoms with Gasteiger partial charge in [-0.15, -0.1) is 0 Å². The first-order chi connectivity index (χ1) is 1.73. The molecule has 8 heavy (non-hydrogen) atoms. The van der Waals surface area contributed by atoms with Gasteiger partial charge in [-0.2, -0.15) is 0 Å². The summed E-state index contributed by atoms with van der Waals surface area (Å²) in [4.78, 5) is 0.396. The normalized spacial score (nSPS) is 4.50. The monoisotopic (exact) mass is 237 g/mol. The maximum atomic E-state index is 3.56. The van der Waals surface area contributed by atoms with Crippen LogP contribution in [0.2, 0.25) is 0 Å². The molecule has 0 aliphatic heterocycles. The van der Waals surface area contributed by atoms with Crippen LogP contribution >= 0.6 is 15.9 Å².